The lowest BCUT2D eigenvalue weighted by molar-refractivity contribution is -0.0478. The zero-order valence-electron chi connectivity index (χ0n) is 17.6. The summed E-state index contributed by atoms with van der Waals surface area (Å²) in [5.41, 5.74) is 2.20. The Morgan fingerprint density at radius 2 is 1.37 bits per heavy atom. The van der Waals surface area contributed by atoms with Crippen LogP contribution in [0.2, 0.25) is 0 Å². The maximum atomic E-state index is 12.0. The predicted octanol–water partition coefficient (Wildman–Crippen LogP) is 5.52. The molecule has 3 aromatic rings. The summed E-state index contributed by atoms with van der Waals surface area (Å²) in [4.78, 5) is 0. The van der Waals surface area contributed by atoms with Crippen LogP contribution in [0.4, 0.5) is 0 Å². The normalized spacial score (nSPS) is 26.1. The monoisotopic (exact) mass is 395 g/mol. The van der Waals surface area contributed by atoms with Crippen molar-refractivity contribution in [3.8, 4) is 11.8 Å². The van der Waals surface area contributed by atoms with Gasteiger partial charge in [-0.15, -0.1) is 0 Å². The SMILES string of the molecule is CC(C)[C@H]1[C@H](c2ccccc2)N[C@@H](c2ccccc2)C[C@@]1(O)C#Cc1ccccc1. The second-order valence-electron chi connectivity index (χ2n) is 8.53. The summed E-state index contributed by atoms with van der Waals surface area (Å²) in [5.74, 6) is 6.79. The number of nitrogens with one attached hydrogen (secondary N) is 1. The van der Waals surface area contributed by atoms with Gasteiger partial charge in [0.2, 0.25) is 0 Å². The third kappa shape index (κ3) is 4.33. The Morgan fingerprint density at radius 3 is 1.93 bits per heavy atom. The first-order valence-electron chi connectivity index (χ1n) is 10.7. The Balaban J connectivity index is 1.79. The molecular weight excluding hydrogens is 366 g/mol. The van der Waals surface area contributed by atoms with Crippen LogP contribution in [-0.4, -0.2) is 10.7 Å². The van der Waals surface area contributed by atoms with Gasteiger partial charge in [-0.2, -0.15) is 0 Å². The molecule has 0 aliphatic carbocycles. The van der Waals surface area contributed by atoms with Gasteiger partial charge in [0.1, 0.15) is 5.60 Å². The molecule has 1 aliphatic heterocycles. The fourth-order valence-electron chi connectivity index (χ4n) is 4.74. The molecule has 2 N–H and O–H groups in total. The van der Waals surface area contributed by atoms with Gasteiger partial charge in [0.25, 0.3) is 0 Å². The molecule has 152 valence electrons. The first-order valence-corrected chi connectivity index (χ1v) is 10.7. The second kappa shape index (κ2) is 8.88. The van der Waals surface area contributed by atoms with Crippen LogP contribution in [-0.2, 0) is 0 Å². The largest absolute Gasteiger partial charge is 0.377 e. The molecule has 1 heterocycles. The second-order valence-corrected chi connectivity index (χ2v) is 8.53. The summed E-state index contributed by atoms with van der Waals surface area (Å²) in [5, 5.41) is 15.9. The van der Waals surface area contributed by atoms with E-state index in [1.54, 1.807) is 0 Å². The summed E-state index contributed by atoms with van der Waals surface area (Å²) >= 11 is 0. The van der Waals surface area contributed by atoms with Crippen LogP contribution in [0, 0.1) is 23.7 Å². The molecule has 0 amide bonds. The van der Waals surface area contributed by atoms with Gasteiger partial charge in [-0.1, -0.05) is 105 Å². The Morgan fingerprint density at radius 1 is 0.833 bits per heavy atom. The van der Waals surface area contributed by atoms with Crippen molar-refractivity contribution >= 4 is 0 Å². The van der Waals surface area contributed by atoms with Crippen molar-refractivity contribution in [2.24, 2.45) is 11.8 Å². The molecule has 4 rings (SSSR count). The van der Waals surface area contributed by atoms with Gasteiger partial charge in [0, 0.05) is 30.0 Å². The van der Waals surface area contributed by atoms with Gasteiger partial charge in [-0.25, -0.2) is 0 Å². The van der Waals surface area contributed by atoms with Gasteiger partial charge < -0.3 is 10.4 Å². The van der Waals surface area contributed by atoms with Gasteiger partial charge >= 0.3 is 0 Å². The quantitative estimate of drug-likeness (QED) is 0.573. The molecule has 4 atom stereocenters. The number of rotatable bonds is 3. The minimum atomic E-state index is -1.10. The van der Waals surface area contributed by atoms with Crippen molar-refractivity contribution in [1.29, 1.82) is 0 Å². The van der Waals surface area contributed by atoms with Gasteiger partial charge in [-0.05, 0) is 29.2 Å². The van der Waals surface area contributed by atoms with Gasteiger partial charge in [-0.3, -0.25) is 0 Å². The number of piperidine rings is 1. The first-order chi connectivity index (χ1) is 14.6. The minimum absolute atomic E-state index is 0.0141. The van der Waals surface area contributed by atoms with E-state index in [2.05, 4.69) is 79.5 Å². The maximum absolute atomic E-state index is 12.0. The number of aliphatic hydroxyl groups is 1. The number of hydrogen-bond acceptors (Lipinski definition) is 2. The Labute approximate surface area is 180 Å². The Kier molecular flexibility index (Phi) is 6.04. The molecule has 1 aliphatic rings. The number of benzene rings is 3. The van der Waals surface area contributed by atoms with Crippen LogP contribution in [0.25, 0.3) is 0 Å². The summed E-state index contributed by atoms with van der Waals surface area (Å²) in [6.07, 6.45) is 0.559. The highest BCUT2D eigenvalue weighted by Crippen LogP contribution is 2.46. The van der Waals surface area contributed by atoms with E-state index >= 15 is 0 Å². The fourth-order valence-corrected chi connectivity index (χ4v) is 4.74. The summed E-state index contributed by atoms with van der Waals surface area (Å²) in [6.45, 7) is 4.36. The van der Waals surface area contributed by atoms with Crippen LogP contribution in [0.5, 0.6) is 0 Å². The Hall–Kier alpha value is -2.86. The molecule has 2 heteroatoms. The van der Waals surface area contributed by atoms with Gasteiger partial charge in [0.15, 0.2) is 0 Å². The Bertz CT molecular complexity index is 1000. The average Bonchev–Trinajstić information content (AvgIpc) is 2.79. The lowest BCUT2D eigenvalue weighted by atomic mass is 9.67. The maximum Gasteiger partial charge on any atom is 0.132 e. The van der Waals surface area contributed by atoms with E-state index < -0.39 is 5.60 Å². The van der Waals surface area contributed by atoms with E-state index in [1.165, 1.54) is 11.1 Å². The van der Waals surface area contributed by atoms with Crippen LogP contribution in [0.3, 0.4) is 0 Å². The van der Waals surface area contributed by atoms with E-state index in [1.807, 2.05) is 42.5 Å². The van der Waals surface area contributed by atoms with Crippen molar-refractivity contribution in [3.63, 3.8) is 0 Å². The van der Waals surface area contributed by atoms with Gasteiger partial charge in [0.05, 0.1) is 0 Å². The van der Waals surface area contributed by atoms with Crippen molar-refractivity contribution in [2.45, 2.75) is 38.0 Å². The standard InChI is InChI=1S/C28H29NO/c1-21(2)26-27(24-16-10-5-11-17-24)29-25(23-14-8-4-9-15-23)20-28(26,30)19-18-22-12-6-3-7-13-22/h3-17,21,25-27,29-30H,20H2,1-2H3/t25-,26+,27+,28+/m1/s1. The van der Waals surface area contributed by atoms with Crippen molar-refractivity contribution < 1.29 is 5.11 Å². The van der Waals surface area contributed by atoms with Crippen LogP contribution < -0.4 is 5.32 Å². The van der Waals surface area contributed by atoms with Crippen LogP contribution >= 0.6 is 0 Å². The predicted molar refractivity (Wildman–Crippen MR) is 123 cm³/mol. The highest BCUT2D eigenvalue weighted by Gasteiger charge is 2.48. The minimum Gasteiger partial charge on any atom is -0.377 e. The van der Waals surface area contributed by atoms with E-state index in [0.29, 0.717) is 6.42 Å². The molecule has 0 bridgehead atoms. The fraction of sp³-hybridized carbons (Fsp3) is 0.286. The average molecular weight is 396 g/mol. The van der Waals surface area contributed by atoms with E-state index in [4.69, 9.17) is 0 Å². The van der Waals surface area contributed by atoms with Crippen LogP contribution in [0.1, 0.15) is 49.0 Å². The zero-order chi connectivity index (χ0) is 21.0. The molecule has 0 spiro atoms. The molecule has 3 aromatic carbocycles. The van der Waals surface area contributed by atoms with Crippen molar-refractivity contribution in [3.05, 3.63) is 108 Å². The topological polar surface area (TPSA) is 32.3 Å². The summed E-state index contributed by atoms with van der Waals surface area (Å²) in [7, 11) is 0. The molecule has 0 radical (unpaired) electrons. The molecule has 0 unspecified atom stereocenters. The number of hydrogen-bond donors (Lipinski definition) is 2. The van der Waals surface area contributed by atoms with Crippen molar-refractivity contribution in [1.82, 2.24) is 5.32 Å². The molecule has 1 saturated heterocycles. The summed E-state index contributed by atoms with van der Waals surface area (Å²) < 4.78 is 0. The third-order valence-corrected chi connectivity index (χ3v) is 6.08. The summed E-state index contributed by atoms with van der Waals surface area (Å²) in [6, 6.07) is 30.8. The first kappa shape index (κ1) is 20.4. The molecule has 0 saturated carbocycles. The van der Waals surface area contributed by atoms with E-state index in [-0.39, 0.29) is 23.9 Å². The molecule has 0 aromatic heterocycles. The highest BCUT2D eigenvalue weighted by atomic mass is 16.3. The van der Waals surface area contributed by atoms with E-state index in [9.17, 15) is 5.11 Å². The lowest BCUT2D eigenvalue weighted by Crippen LogP contribution is -2.54. The van der Waals surface area contributed by atoms with E-state index in [0.717, 1.165) is 5.56 Å². The third-order valence-electron chi connectivity index (χ3n) is 6.08. The smallest absolute Gasteiger partial charge is 0.132 e. The highest BCUT2D eigenvalue weighted by molar-refractivity contribution is 5.38. The van der Waals surface area contributed by atoms with Crippen molar-refractivity contribution in [2.75, 3.05) is 0 Å². The lowest BCUT2D eigenvalue weighted by Gasteiger charge is -2.48. The molecule has 1 fully saturated rings. The molecule has 2 nitrogen and oxygen atoms in total. The molecule has 30 heavy (non-hydrogen) atoms. The van der Waals surface area contributed by atoms with Crippen LogP contribution in [0.15, 0.2) is 91.0 Å². The zero-order valence-corrected chi connectivity index (χ0v) is 17.6. The molecular formula is C28H29NO.